The van der Waals surface area contributed by atoms with Gasteiger partial charge in [-0.15, -0.1) is 0 Å². The van der Waals surface area contributed by atoms with Gasteiger partial charge in [0.25, 0.3) is 0 Å². The molecule has 0 bridgehead atoms. The van der Waals surface area contributed by atoms with Crippen molar-refractivity contribution in [1.29, 1.82) is 0 Å². The summed E-state index contributed by atoms with van der Waals surface area (Å²) in [4.78, 5) is 0. The van der Waals surface area contributed by atoms with Crippen LogP contribution in [0.3, 0.4) is 0 Å². The molecule has 1 aromatic heterocycles. The lowest BCUT2D eigenvalue weighted by molar-refractivity contribution is -0.0222. The van der Waals surface area contributed by atoms with E-state index in [4.69, 9.17) is 9.15 Å². The molecule has 1 fully saturated rings. The topological polar surface area (TPSA) is 34.4 Å². The van der Waals surface area contributed by atoms with Crippen LogP contribution in [0.4, 0.5) is 0 Å². The molecule has 1 heterocycles. The average Bonchev–Trinajstić information content (AvgIpc) is 2.86. The molecule has 0 saturated heterocycles. The third-order valence-electron chi connectivity index (χ3n) is 3.92. The lowest BCUT2D eigenvalue weighted by atomic mass is 9.88. The van der Waals surface area contributed by atoms with Crippen molar-refractivity contribution in [3.63, 3.8) is 0 Å². The smallest absolute Gasteiger partial charge is 0.129 e. The molecule has 0 aromatic carbocycles. The highest BCUT2D eigenvalue weighted by Gasteiger charge is 2.22. The molecule has 19 heavy (non-hydrogen) atoms. The fourth-order valence-electron chi connectivity index (χ4n) is 2.70. The fourth-order valence-corrected chi connectivity index (χ4v) is 2.70. The van der Waals surface area contributed by atoms with Crippen molar-refractivity contribution >= 4 is 0 Å². The summed E-state index contributed by atoms with van der Waals surface area (Å²) in [5.41, 5.74) is 0. The van der Waals surface area contributed by atoms with Crippen molar-refractivity contribution in [1.82, 2.24) is 5.32 Å². The lowest BCUT2D eigenvalue weighted by Crippen LogP contribution is -2.25. The molecule has 3 heteroatoms. The molecule has 108 valence electrons. The van der Waals surface area contributed by atoms with Gasteiger partial charge in [-0.3, -0.25) is 0 Å². The van der Waals surface area contributed by atoms with Gasteiger partial charge in [-0.1, -0.05) is 26.7 Å². The molecule has 0 aliphatic heterocycles. The van der Waals surface area contributed by atoms with Gasteiger partial charge in [0.2, 0.25) is 0 Å². The van der Waals surface area contributed by atoms with Gasteiger partial charge in [0.15, 0.2) is 0 Å². The normalized spacial score (nSPS) is 23.7. The molecule has 0 spiro atoms. The predicted octanol–water partition coefficient (Wildman–Crippen LogP) is 3.87. The second kappa shape index (κ2) is 7.71. The maximum atomic E-state index is 6.01. The van der Waals surface area contributed by atoms with E-state index in [0.29, 0.717) is 18.6 Å². The van der Waals surface area contributed by atoms with Crippen molar-refractivity contribution < 1.29 is 9.15 Å². The van der Waals surface area contributed by atoms with Gasteiger partial charge in [0.05, 0.1) is 12.6 Å². The summed E-state index contributed by atoms with van der Waals surface area (Å²) in [7, 11) is 0. The van der Waals surface area contributed by atoms with Crippen LogP contribution in [0.25, 0.3) is 0 Å². The number of rotatable bonds is 7. The van der Waals surface area contributed by atoms with Crippen LogP contribution in [0.5, 0.6) is 0 Å². The lowest BCUT2D eigenvalue weighted by Gasteiger charge is -2.28. The highest BCUT2D eigenvalue weighted by atomic mass is 16.5. The first-order valence-electron chi connectivity index (χ1n) is 7.69. The molecule has 1 aliphatic carbocycles. The van der Waals surface area contributed by atoms with E-state index in [2.05, 4.69) is 19.2 Å². The minimum atomic E-state index is 0.417. The van der Waals surface area contributed by atoms with Gasteiger partial charge in [0, 0.05) is 0 Å². The van der Waals surface area contributed by atoms with E-state index >= 15 is 0 Å². The molecule has 2 unspecified atom stereocenters. The Kier molecular flexibility index (Phi) is 5.93. The number of hydrogen-bond acceptors (Lipinski definition) is 3. The van der Waals surface area contributed by atoms with E-state index in [1.807, 2.05) is 12.1 Å². The Bertz CT molecular complexity index is 361. The second-order valence-corrected chi connectivity index (χ2v) is 5.66. The quantitative estimate of drug-likeness (QED) is 0.760. The van der Waals surface area contributed by atoms with Crippen LogP contribution in [0.1, 0.15) is 57.5 Å². The zero-order chi connectivity index (χ0) is 13.5. The number of nitrogens with one attached hydrogen (secondary N) is 1. The van der Waals surface area contributed by atoms with Gasteiger partial charge in [-0.25, -0.2) is 0 Å². The minimum absolute atomic E-state index is 0.417. The molecule has 2 atom stereocenters. The fraction of sp³-hybridized carbons (Fsp3) is 0.750. The number of ether oxygens (including phenoxy) is 1. The summed E-state index contributed by atoms with van der Waals surface area (Å²) in [6.45, 7) is 6.92. The first-order valence-corrected chi connectivity index (χ1v) is 7.69. The van der Waals surface area contributed by atoms with E-state index in [9.17, 15) is 0 Å². The van der Waals surface area contributed by atoms with Crippen LogP contribution in [0.2, 0.25) is 0 Å². The monoisotopic (exact) mass is 265 g/mol. The summed E-state index contributed by atoms with van der Waals surface area (Å²) in [5, 5.41) is 3.34. The van der Waals surface area contributed by atoms with E-state index in [-0.39, 0.29) is 0 Å². The van der Waals surface area contributed by atoms with Crippen LogP contribution < -0.4 is 5.32 Å². The summed E-state index contributed by atoms with van der Waals surface area (Å²) in [6.07, 6.45) is 6.73. The first-order chi connectivity index (χ1) is 9.29. The SMILES string of the molecule is CCCNCc1ccc(COC2CCCCC2C)o1. The molecule has 3 nitrogen and oxygen atoms in total. The van der Waals surface area contributed by atoms with Crippen molar-refractivity contribution in [2.75, 3.05) is 6.54 Å². The Morgan fingerprint density at radius 1 is 1.26 bits per heavy atom. The summed E-state index contributed by atoms with van der Waals surface area (Å²) in [5.74, 6) is 2.64. The van der Waals surface area contributed by atoms with Crippen LogP contribution in [-0.2, 0) is 17.9 Å². The highest BCUT2D eigenvalue weighted by Crippen LogP contribution is 2.27. The number of furan rings is 1. The van der Waals surface area contributed by atoms with E-state index in [0.717, 1.165) is 31.0 Å². The predicted molar refractivity (Wildman–Crippen MR) is 76.9 cm³/mol. The Morgan fingerprint density at radius 3 is 2.84 bits per heavy atom. The minimum Gasteiger partial charge on any atom is -0.462 e. The van der Waals surface area contributed by atoms with Crippen molar-refractivity contribution in [2.45, 2.75) is 65.2 Å². The van der Waals surface area contributed by atoms with Crippen LogP contribution in [0.15, 0.2) is 16.5 Å². The molecule has 0 amide bonds. The van der Waals surface area contributed by atoms with Crippen LogP contribution in [0, 0.1) is 5.92 Å². The van der Waals surface area contributed by atoms with E-state index in [1.165, 1.54) is 25.7 Å². The summed E-state index contributed by atoms with van der Waals surface area (Å²) >= 11 is 0. The van der Waals surface area contributed by atoms with Crippen molar-refractivity contribution in [3.05, 3.63) is 23.7 Å². The maximum Gasteiger partial charge on any atom is 0.129 e. The van der Waals surface area contributed by atoms with Crippen molar-refractivity contribution in [2.24, 2.45) is 5.92 Å². The summed E-state index contributed by atoms with van der Waals surface area (Å²) in [6, 6.07) is 4.09. The Balaban J connectivity index is 1.73. The van der Waals surface area contributed by atoms with E-state index < -0.39 is 0 Å². The van der Waals surface area contributed by atoms with E-state index in [1.54, 1.807) is 0 Å². The Labute approximate surface area is 116 Å². The molecular weight excluding hydrogens is 238 g/mol. The second-order valence-electron chi connectivity index (χ2n) is 5.66. The third-order valence-corrected chi connectivity index (χ3v) is 3.92. The largest absolute Gasteiger partial charge is 0.462 e. The number of hydrogen-bond donors (Lipinski definition) is 1. The molecule has 1 aromatic rings. The van der Waals surface area contributed by atoms with Gasteiger partial charge in [-0.2, -0.15) is 0 Å². The summed E-state index contributed by atoms with van der Waals surface area (Å²) < 4.78 is 11.8. The van der Waals surface area contributed by atoms with Gasteiger partial charge < -0.3 is 14.5 Å². The Morgan fingerprint density at radius 2 is 2.05 bits per heavy atom. The van der Waals surface area contributed by atoms with Gasteiger partial charge in [-0.05, 0) is 43.9 Å². The molecule has 1 aliphatic rings. The zero-order valence-corrected chi connectivity index (χ0v) is 12.3. The average molecular weight is 265 g/mol. The molecule has 1 N–H and O–H groups in total. The third kappa shape index (κ3) is 4.66. The first kappa shape index (κ1) is 14.6. The molecule has 2 rings (SSSR count). The zero-order valence-electron chi connectivity index (χ0n) is 12.3. The van der Waals surface area contributed by atoms with Crippen LogP contribution >= 0.6 is 0 Å². The molecule has 0 radical (unpaired) electrons. The van der Waals surface area contributed by atoms with Gasteiger partial charge in [0.1, 0.15) is 18.1 Å². The standard InChI is InChI=1S/C16H27NO2/c1-3-10-17-11-14-8-9-15(19-14)12-18-16-7-5-4-6-13(16)2/h8-9,13,16-17H,3-7,10-12H2,1-2H3. The highest BCUT2D eigenvalue weighted by molar-refractivity contribution is 5.06. The van der Waals surface area contributed by atoms with Crippen molar-refractivity contribution in [3.8, 4) is 0 Å². The molecular formula is C16H27NO2. The Hall–Kier alpha value is -0.800. The van der Waals surface area contributed by atoms with Gasteiger partial charge >= 0.3 is 0 Å². The maximum absolute atomic E-state index is 6.01. The molecule has 1 saturated carbocycles. The van der Waals surface area contributed by atoms with Crippen LogP contribution in [-0.4, -0.2) is 12.6 Å².